The van der Waals surface area contributed by atoms with E-state index in [4.69, 9.17) is 11.6 Å². The molecule has 0 unspecified atom stereocenters. The van der Waals surface area contributed by atoms with Crippen LogP contribution in [0, 0.1) is 5.92 Å². The molecule has 0 amide bonds. The molecule has 116 valence electrons. The van der Waals surface area contributed by atoms with Crippen LogP contribution in [0.3, 0.4) is 0 Å². The largest absolute Gasteiger partial charge is 0.508 e. The lowest BCUT2D eigenvalue weighted by atomic mass is 9.80. The zero-order valence-electron chi connectivity index (χ0n) is 12.5. The van der Waals surface area contributed by atoms with E-state index >= 15 is 0 Å². The molecular weight excluding hydrogens is 284 g/mol. The predicted octanol–water partition coefficient (Wildman–Crippen LogP) is 3.57. The Kier molecular flexibility index (Phi) is 5.04. The van der Waals surface area contributed by atoms with Crippen molar-refractivity contribution < 1.29 is 5.11 Å². The van der Waals surface area contributed by atoms with E-state index in [2.05, 4.69) is 10.2 Å². The second kappa shape index (κ2) is 6.99. The molecule has 1 saturated heterocycles. The van der Waals surface area contributed by atoms with Gasteiger partial charge in [0, 0.05) is 42.8 Å². The lowest BCUT2D eigenvalue weighted by Crippen LogP contribution is -2.47. The van der Waals surface area contributed by atoms with Crippen LogP contribution < -0.4 is 5.32 Å². The minimum Gasteiger partial charge on any atom is -0.508 e. The molecule has 0 spiro atoms. The van der Waals surface area contributed by atoms with Crippen LogP contribution >= 0.6 is 11.6 Å². The number of phenols is 1. The van der Waals surface area contributed by atoms with Gasteiger partial charge in [-0.25, -0.2) is 0 Å². The summed E-state index contributed by atoms with van der Waals surface area (Å²) in [4.78, 5) is 2.54. The minimum absolute atomic E-state index is 0.311. The maximum Gasteiger partial charge on any atom is 0.120 e. The maximum atomic E-state index is 10.4. The molecule has 1 atom stereocenters. The van der Waals surface area contributed by atoms with E-state index in [-0.39, 0.29) is 0 Å². The number of nitrogens with one attached hydrogen (secondary N) is 1. The van der Waals surface area contributed by atoms with Gasteiger partial charge in [-0.1, -0.05) is 30.9 Å². The average Bonchev–Trinajstić information content (AvgIpc) is 2.53. The standard InChI is InChI=1S/C17H25ClN2O/c18-14-6-7-16(21)15(12-14)17(13-4-2-1-3-5-13)20-10-8-19-9-11-20/h6-7,12-13,17,19,21H,1-5,8-11H2/t17-/m0/s1. The van der Waals surface area contributed by atoms with Gasteiger partial charge in [-0.15, -0.1) is 0 Å². The van der Waals surface area contributed by atoms with Gasteiger partial charge in [0.05, 0.1) is 0 Å². The molecule has 1 heterocycles. The molecule has 1 saturated carbocycles. The van der Waals surface area contributed by atoms with Gasteiger partial charge in [0.15, 0.2) is 0 Å². The van der Waals surface area contributed by atoms with Gasteiger partial charge in [0.25, 0.3) is 0 Å². The Morgan fingerprint density at radius 1 is 1.14 bits per heavy atom. The quantitative estimate of drug-likeness (QED) is 0.896. The topological polar surface area (TPSA) is 35.5 Å². The second-order valence-electron chi connectivity index (χ2n) is 6.33. The highest BCUT2D eigenvalue weighted by Gasteiger charge is 2.32. The Bertz CT molecular complexity index is 450. The first-order chi connectivity index (χ1) is 10.3. The SMILES string of the molecule is Oc1ccc(Cl)cc1[C@H](C1CCCCC1)N1CCNCC1. The number of halogens is 1. The summed E-state index contributed by atoms with van der Waals surface area (Å²) in [5, 5.41) is 14.5. The van der Waals surface area contributed by atoms with Gasteiger partial charge >= 0.3 is 0 Å². The summed E-state index contributed by atoms with van der Waals surface area (Å²) >= 11 is 6.20. The summed E-state index contributed by atoms with van der Waals surface area (Å²) < 4.78 is 0. The summed E-state index contributed by atoms with van der Waals surface area (Å²) in [6.45, 7) is 4.16. The first-order valence-corrected chi connectivity index (χ1v) is 8.56. The number of phenolic OH excluding ortho intramolecular Hbond substituents is 1. The molecule has 21 heavy (non-hydrogen) atoms. The van der Waals surface area contributed by atoms with Gasteiger partial charge in [0.2, 0.25) is 0 Å². The molecule has 1 aromatic rings. The zero-order valence-corrected chi connectivity index (χ0v) is 13.3. The third-order valence-electron chi connectivity index (χ3n) is 4.95. The van der Waals surface area contributed by atoms with Crippen LogP contribution in [-0.4, -0.2) is 36.2 Å². The van der Waals surface area contributed by atoms with Crippen molar-refractivity contribution in [3.63, 3.8) is 0 Å². The van der Waals surface area contributed by atoms with Gasteiger partial charge in [-0.3, -0.25) is 4.90 Å². The monoisotopic (exact) mass is 308 g/mol. The van der Waals surface area contributed by atoms with Crippen LogP contribution in [0.2, 0.25) is 5.02 Å². The van der Waals surface area contributed by atoms with E-state index in [1.54, 1.807) is 12.1 Å². The number of hydrogen-bond acceptors (Lipinski definition) is 3. The van der Waals surface area contributed by atoms with Crippen molar-refractivity contribution in [2.75, 3.05) is 26.2 Å². The van der Waals surface area contributed by atoms with E-state index in [9.17, 15) is 5.11 Å². The molecule has 2 N–H and O–H groups in total. The third kappa shape index (κ3) is 3.53. The molecule has 1 aliphatic carbocycles. The van der Waals surface area contributed by atoms with Gasteiger partial charge < -0.3 is 10.4 Å². The summed E-state index contributed by atoms with van der Waals surface area (Å²) in [5.74, 6) is 1.04. The Balaban J connectivity index is 1.91. The fourth-order valence-corrected chi connectivity index (χ4v) is 4.10. The third-order valence-corrected chi connectivity index (χ3v) is 5.18. The lowest BCUT2D eigenvalue weighted by molar-refractivity contribution is 0.101. The molecule has 2 aliphatic rings. The van der Waals surface area contributed by atoms with E-state index in [1.807, 2.05) is 6.07 Å². The van der Waals surface area contributed by atoms with Crippen LogP contribution in [0.5, 0.6) is 5.75 Å². The number of aromatic hydroxyl groups is 1. The molecule has 4 heteroatoms. The molecule has 3 nitrogen and oxygen atoms in total. The van der Waals surface area contributed by atoms with Crippen LogP contribution in [0.15, 0.2) is 18.2 Å². The zero-order chi connectivity index (χ0) is 14.7. The van der Waals surface area contributed by atoms with E-state index in [0.29, 0.717) is 17.7 Å². The summed E-state index contributed by atoms with van der Waals surface area (Å²) in [7, 11) is 0. The predicted molar refractivity (Wildman–Crippen MR) is 86.9 cm³/mol. The molecule has 0 bridgehead atoms. The Labute approximate surface area is 132 Å². The second-order valence-corrected chi connectivity index (χ2v) is 6.77. The van der Waals surface area contributed by atoms with Crippen molar-refractivity contribution in [1.29, 1.82) is 0 Å². The fourth-order valence-electron chi connectivity index (χ4n) is 3.92. The van der Waals surface area contributed by atoms with Gasteiger partial charge in [0.1, 0.15) is 5.75 Å². The highest BCUT2D eigenvalue weighted by molar-refractivity contribution is 6.30. The van der Waals surface area contributed by atoms with E-state index < -0.39 is 0 Å². The first-order valence-electron chi connectivity index (χ1n) is 8.19. The molecule has 0 aromatic heterocycles. The fraction of sp³-hybridized carbons (Fsp3) is 0.647. The van der Waals surface area contributed by atoms with Gasteiger partial charge in [-0.2, -0.15) is 0 Å². The van der Waals surface area contributed by atoms with E-state index in [1.165, 1.54) is 32.1 Å². The summed E-state index contributed by atoms with van der Waals surface area (Å²) in [6.07, 6.45) is 6.51. The Morgan fingerprint density at radius 3 is 2.57 bits per heavy atom. The maximum absolute atomic E-state index is 10.4. The van der Waals surface area contributed by atoms with Crippen molar-refractivity contribution in [3.05, 3.63) is 28.8 Å². The Morgan fingerprint density at radius 2 is 1.86 bits per heavy atom. The number of piperazine rings is 1. The molecule has 0 radical (unpaired) electrons. The Hall–Kier alpha value is -0.770. The van der Waals surface area contributed by atoms with Gasteiger partial charge in [-0.05, 0) is 37.0 Å². The normalized spacial score (nSPS) is 23.1. The minimum atomic E-state index is 0.311. The van der Waals surface area contributed by atoms with Crippen LogP contribution in [0.4, 0.5) is 0 Å². The van der Waals surface area contributed by atoms with Crippen LogP contribution in [0.1, 0.15) is 43.7 Å². The van der Waals surface area contributed by atoms with Crippen molar-refractivity contribution in [2.24, 2.45) is 5.92 Å². The first kappa shape index (κ1) is 15.1. The molecule has 1 aromatic carbocycles. The summed E-state index contributed by atoms with van der Waals surface area (Å²) in [5.41, 5.74) is 1.02. The van der Waals surface area contributed by atoms with Crippen molar-refractivity contribution >= 4 is 11.6 Å². The van der Waals surface area contributed by atoms with Crippen LogP contribution in [-0.2, 0) is 0 Å². The van der Waals surface area contributed by atoms with Crippen molar-refractivity contribution in [2.45, 2.75) is 38.1 Å². The number of rotatable bonds is 3. The summed E-state index contributed by atoms with van der Waals surface area (Å²) in [6, 6.07) is 5.80. The number of nitrogens with zero attached hydrogens (tertiary/aromatic N) is 1. The number of hydrogen-bond donors (Lipinski definition) is 2. The molecule has 2 fully saturated rings. The van der Waals surface area contributed by atoms with Crippen molar-refractivity contribution in [3.8, 4) is 5.75 Å². The molecular formula is C17H25ClN2O. The van der Waals surface area contributed by atoms with Crippen LogP contribution in [0.25, 0.3) is 0 Å². The smallest absolute Gasteiger partial charge is 0.120 e. The number of benzene rings is 1. The average molecular weight is 309 g/mol. The molecule has 3 rings (SSSR count). The van der Waals surface area contributed by atoms with E-state index in [0.717, 1.165) is 36.8 Å². The molecule has 1 aliphatic heterocycles. The lowest BCUT2D eigenvalue weighted by Gasteiger charge is -2.41. The highest BCUT2D eigenvalue weighted by atomic mass is 35.5. The highest BCUT2D eigenvalue weighted by Crippen LogP contribution is 2.42. The van der Waals surface area contributed by atoms with Crippen molar-refractivity contribution in [1.82, 2.24) is 10.2 Å².